The zero-order valence-corrected chi connectivity index (χ0v) is 15.1. The van der Waals surface area contributed by atoms with Gasteiger partial charge in [-0.05, 0) is 38.2 Å². The molecule has 1 heterocycles. The Kier molecular flexibility index (Phi) is 6.57. The number of hydrogen-bond acceptors (Lipinski definition) is 5. The van der Waals surface area contributed by atoms with Crippen molar-refractivity contribution >= 4 is 11.6 Å². The van der Waals surface area contributed by atoms with Gasteiger partial charge in [-0.1, -0.05) is 13.3 Å². The van der Waals surface area contributed by atoms with Crippen molar-refractivity contribution in [2.45, 2.75) is 45.1 Å². The lowest BCUT2D eigenvalue weighted by Crippen LogP contribution is -2.47. The molecule has 0 radical (unpaired) electrons. The molecule has 1 N–H and O–H groups in total. The van der Waals surface area contributed by atoms with E-state index in [1.807, 2.05) is 13.0 Å². The van der Waals surface area contributed by atoms with E-state index in [0.717, 1.165) is 31.2 Å². The second kappa shape index (κ2) is 8.44. The van der Waals surface area contributed by atoms with Crippen LogP contribution >= 0.6 is 0 Å². The van der Waals surface area contributed by atoms with Gasteiger partial charge in [0, 0.05) is 19.8 Å². The maximum atomic E-state index is 12.8. The average molecular weight is 336 g/mol. The number of anilines is 1. The number of methoxy groups -OCH3 is 2. The van der Waals surface area contributed by atoms with E-state index in [1.165, 1.54) is 0 Å². The van der Waals surface area contributed by atoms with Crippen molar-refractivity contribution in [3.63, 3.8) is 0 Å². The van der Waals surface area contributed by atoms with Crippen LogP contribution < -0.4 is 10.1 Å². The Morgan fingerprint density at radius 3 is 2.83 bits per heavy atom. The van der Waals surface area contributed by atoms with Crippen LogP contribution in [-0.2, 0) is 14.3 Å². The van der Waals surface area contributed by atoms with E-state index in [4.69, 9.17) is 14.2 Å². The van der Waals surface area contributed by atoms with Crippen LogP contribution in [0.2, 0.25) is 0 Å². The van der Waals surface area contributed by atoms with E-state index in [1.54, 1.807) is 20.4 Å². The minimum Gasteiger partial charge on any atom is -0.475 e. The smallest absolute Gasteiger partial charge is 0.256 e. The first-order valence-corrected chi connectivity index (χ1v) is 8.46. The number of aromatic nitrogens is 1. The number of rotatable bonds is 7. The van der Waals surface area contributed by atoms with Gasteiger partial charge in [-0.3, -0.25) is 4.79 Å². The van der Waals surface area contributed by atoms with Gasteiger partial charge in [0.1, 0.15) is 12.2 Å². The molecule has 0 bridgehead atoms. The summed E-state index contributed by atoms with van der Waals surface area (Å²) in [5, 5.41) is 2.95. The van der Waals surface area contributed by atoms with Gasteiger partial charge in [0.15, 0.2) is 0 Å². The summed E-state index contributed by atoms with van der Waals surface area (Å²) in [7, 11) is 3.24. The van der Waals surface area contributed by atoms with E-state index < -0.39 is 5.60 Å². The Morgan fingerprint density at radius 1 is 1.42 bits per heavy atom. The number of hydrogen-bond donors (Lipinski definition) is 1. The van der Waals surface area contributed by atoms with E-state index >= 15 is 0 Å². The largest absolute Gasteiger partial charge is 0.475 e. The summed E-state index contributed by atoms with van der Waals surface area (Å²) < 4.78 is 16.1. The van der Waals surface area contributed by atoms with Crippen molar-refractivity contribution in [3.05, 3.63) is 17.8 Å². The molecule has 0 saturated heterocycles. The fourth-order valence-corrected chi connectivity index (χ4v) is 3.24. The fourth-order valence-electron chi connectivity index (χ4n) is 3.24. The van der Waals surface area contributed by atoms with Gasteiger partial charge < -0.3 is 19.5 Å². The lowest BCUT2D eigenvalue weighted by Gasteiger charge is -2.37. The van der Waals surface area contributed by atoms with Crippen LogP contribution in [-0.4, -0.2) is 43.9 Å². The zero-order chi connectivity index (χ0) is 17.6. The summed E-state index contributed by atoms with van der Waals surface area (Å²) in [4.78, 5) is 17.0. The molecule has 1 aromatic rings. The molecule has 6 nitrogen and oxygen atoms in total. The van der Waals surface area contributed by atoms with Gasteiger partial charge >= 0.3 is 0 Å². The molecule has 1 saturated carbocycles. The van der Waals surface area contributed by atoms with Crippen molar-refractivity contribution in [3.8, 4) is 5.88 Å². The highest BCUT2D eigenvalue weighted by Gasteiger charge is 2.42. The molecule has 0 aliphatic heterocycles. The third-order valence-electron chi connectivity index (χ3n) is 4.57. The summed E-state index contributed by atoms with van der Waals surface area (Å²) in [5.74, 6) is 0.949. The normalized spacial score (nSPS) is 23.8. The van der Waals surface area contributed by atoms with Crippen molar-refractivity contribution < 1.29 is 19.0 Å². The lowest BCUT2D eigenvalue weighted by molar-refractivity contribution is -0.143. The molecule has 1 fully saturated rings. The van der Waals surface area contributed by atoms with Gasteiger partial charge in [0.05, 0.1) is 18.5 Å². The second-order valence-corrected chi connectivity index (χ2v) is 6.54. The zero-order valence-electron chi connectivity index (χ0n) is 15.1. The van der Waals surface area contributed by atoms with E-state index in [0.29, 0.717) is 30.7 Å². The van der Waals surface area contributed by atoms with Gasteiger partial charge in [-0.25, -0.2) is 4.98 Å². The van der Waals surface area contributed by atoms with Crippen LogP contribution in [0.1, 0.15) is 38.2 Å². The summed E-state index contributed by atoms with van der Waals surface area (Å²) in [6.07, 6.45) is 5.27. The molecule has 1 aliphatic rings. The Labute approximate surface area is 143 Å². The van der Waals surface area contributed by atoms with E-state index in [-0.39, 0.29) is 5.91 Å². The predicted molar refractivity (Wildman–Crippen MR) is 92.3 cm³/mol. The highest BCUT2D eigenvalue weighted by atomic mass is 16.5. The van der Waals surface area contributed by atoms with Crippen LogP contribution in [0.3, 0.4) is 0 Å². The second-order valence-electron chi connectivity index (χ2n) is 6.54. The van der Waals surface area contributed by atoms with Crippen LogP contribution in [0.15, 0.2) is 12.3 Å². The van der Waals surface area contributed by atoms with Crippen molar-refractivity contribution in [2.75, 3.05) is 32.8 Å². The highest BCUT2D eigenvalue weighted by molar-refractivity contribution is 5.97. The van der Waals surface area contributed by atoms with E-state index in [2.05, 4.69) is 17.2 Å². The minimum absolute atomic E-state index is 0.0919. The highest BCUT2D eigenvalue weighted by Crippen LogP contribution is 2.35. The summed E-state index contributed by atoms with van der Waals surface area (Å²) in [6.45, 7) is 5.02. The first-order valence-electron chi connectivity index (χ1n) is 8.46. The van der Waals surface area contributed by atoms with Crippen LogP contribution in [0.25, 0.3) is 0 Å². The molecule has 0 unspecified atom stereocenters. The SMILES string of the molecule is COCCOc1ncc(NC(=O)[C@@]2(OC)CCC[C@@H](C)C2)cc1C. The fraction of sp³-hybridized carbons (Fsp3) is 0.667. The third kappa shape index (κ3) is 4.45. The molecule has 24 heavy (non-hydrogen) atoms. The molecule has 2 atom stereocenters. The summed E-state index contributed by atoms with van der Waals surface area (Å²) in [5.41, 5.74) is 0.790. The molecule has 6 heteroatoms. The number of nitrogens with one attached hydrogen (secondary N) is 1. The molecular formula is C18H28N2O4. The molecule has 134 valence electrons. The molecule has 0 spiro atoms. The van der Waals surface area contributed by atoms with Gasteiger partial charge in [-0.2, -0.15) is 0 Å². The molecule has 2 rings (SSSR count). The first-order chi connectivity index (χ1) is 11.5. The first kappa shape index (κ1) is 18.7. The van der Waals surface area contributed by atoms with Gasteiger partial charge in [0.2, 0.25) is 5.88 Å². The number of carbonyl (C=O) groups is 1. The summed E-state index contributed by atoms with van der Waals surface area (Å²) in [6, 6.07) is 1.86. The molecule has 1 amide bonds. The molecule has 0 aromatic carbocycles. The van der Waals surface area contributed by atoms with Gasteiger partial charge in [-0.15, -0.1) is 0 Å². The maximum Gasteiger partial charge on any atom is 0.256 e. The van der Waals surface area contributed by atoms with Gasteiger partial charge in [0.25, 0.3) is 5.91 Å². The number of carbonyl (C=O) groups excluding carboxylic acids is 1. The number of ether oxygens (including phenoxy) is 3. The Bertz CT molecular complexity index is 564. The van der Waals surface area contributed by atoms with E-state index in [9.17, 15) is 4.79 Å². The molecule has 1 aliphatic carbocycles. The third-order valence-corrected chi connectivity index (χ3v) is 4.57. The van der Waals surface area contributed by atoms with Crippen LogP contribution in [0, 0.1) is 12.8 Å². The van der Waals surface area contributed by atoms with Crippen molar-refractivity contribution in [1.29, 1.82) is 0 Å². The van der Waals surface area contributed by atoms with Crippen LogP contribution in [0.4, 0.5) is 5.69 Å². The number of amides is 1. The number of pyridine rings is 1. The molecule has 1 aromatic heterocycles. The predicted octanol–water partition coefficient (Wildman–Crippen LogP) is 2.95. The average Bonchev–Trinajstić information content (AvgIpc) is 2.56. The number of aryl methyl sites for hydroxylation is 1. The minimum atomic E-state index is -0.737. The Balaban J connectivity index is 2.04. The lowest BCUT2D eigenvalue weighted by atomic mass is 9.78. The topological polar surface area (TPSA) is 69.7 Å². The van der Waals surface area contributed by atoms with Crippen molar-refractivity contribution in [2.24, 2.45) is 5.92 Å². The van der Waals surface area contributed by atoms with Crippen LogP contribution in [0.5, 0.6) is 5.88 Å². The Hall–Kier alpha value is -1.66. The Morgan fingerprint density at radius 2 is 2.21 bits per heavy atom. The quantitative estimate of drug-likeness (QED) is 0.775. The molecular weight excluding hydrogens is 308 g/mol. The van der Waals surface area contributed by atoms with Crippen molar-refractivity contribution in [1.82, 2.24) is 4.98 Å². The monoisotopic (exact) mass is 336 g/mol. The maximum absolute atomic E-state index is 12.8. The number of nitrogens with zero attached hydrogens (tertiary/aromatic N) is 1. The standard InChI is InChI=1S/C18H28N2O4/c1-13-6-5-7-18(11-13,23-4)17(21)20-15-10-14(2)16(19-12-15)24-9-8-22-3/h10,12-13H,5-9,11H2,1-4H3,(H,20,21)/t13-,18-/m1/s1. The summed E-state index contributed by atoms with van der Waals surface area (Å²) >= 11 is 0.